The first-order chi connectivity index (χ1) is 11.5. The van der Waals surface area contributed by atoms with Crippen LogP contribution in [0.5, 0.6) is 0 Å². The highest BCUT2D eigenvalue weighted by Crippen LogP contribution is 2.11. The summed E-state index contributed by atoms with van der Waals surface area (Å²) in [5.41, 5.74) is 1.66. The maximum absolute atomic E-state index is 12.3. The molecular weight excluding hydrogens is 306 g/mol. The molecule has 0 aliphatic rings. The molecular formula is C17H19N5O2. The number of nitrogens with zero attached hydrogens (tertiary/aromatic N) is 5. The van der Waals surface area contributed by atoms with Crippen LogP contribution in [-0.4, -0.2) is 44.1 Å². The molecule has 0 fully saturated rings. The van der Waals surface area contributed by atoms with Gasteiger partial charge in [0.05, 0.1) is 6.20 Å². The third-order valence-corrected chi connectivity index (χ3v) is 3.91. The first kappa shape index (κ1) is 15.9. The van der Waals surface area contributed by atoms with Crippen LogP contribution in [0.3, 0.4) is 0 Å². The number of amides is 1. The summed E-state index contributed by atoms with van der Waals surface area (Å²) in [4.78, 5) is 34.8. The minimum absolute atomic E-state index is 0.347. The zero-order chi connectivity index (χ0) is 17.3. The molecule has 0 atom stereocenters. The van der Waals surface area contributed by atoms with Crippen LogP contribution in [0.25, 0.3) is 11.2 Å². The number of aryl methyl sites for hydroxylation is 3. The maximum atomic E-state index is 12.3. The van der Waals surface area contributed by atoms with Crippen molar-refractivity contribution in [3.05, 3.63) is 58.4 Å². The Hall–Kier alpha value is -2.96. The van der Waals surface area contributed by atoms with Crippen molar-refractivity contribution in [2.75, 3.05) is 14.1 Å². The average molecular weight is 325 g/mol. The van der Waals surface area contributed by atoms with Gasteiger partial charge < -0.3 is 4.90 Å². The third kappa shape index (κ3) is 2.80. The largest absolute Gasteiger partial charge is 0.338 e. The van der Waals surface area contributed by atoms with Crippen LogP contribution >= 0.6 is 0 Å². The highest BCUT2D eigenvalue weighted by atomic mass is 16.2. The zero-order valence-electron chi connectivity index (χ0n) is 13.9. The summed E-state index contributed by atoms with van der Waals surface area (Å²) in [5, 5.41) is 0. The number of hydrogen-bond acceptors (Lipinski definition) is 4. The monoisotopic (exact) mass is 325 g/mol. The molecule has 0 unspecified atom stereocenters. The Morgan fingerprint density at radius 2 is 1.88 bits per heavy atom. The fourth-order valence-corrected chi connectivity index (χ4v) is 2.54. The molecule has 1 amide bonds. The Labute approximate surface area is 139 Å². The van der Waals surface area contributed by atoms with Crippen LogP contribution in [0.15, 0.2) is 41.3 Å². The van der Waals surface area contributed by atoms with Crippen LogP contribution in [0.4, 0.5) is 4.79 Å². The van der Waals surface area contributed by atoms with E-state index in [1.165, 1.54) is 15.0 Å². The minimum atomic E-state index is -0.418. The summed E-state index contributed by atoms with van der Waals surface area (Å²) in [6.07, 6.45) is 3.04. The number of fused-ring (bicyclic) bond motifs is 1. The molecule has 0 aliphatic heterocycles. The molecule has 0 saturated carbocycles. The Morgan fingerprint density at radius 3 is 2.54 bits per heavy atom. The molecule has 3 aromatic rings. The molecule has 0 radical (unpaired) electrons. The van der Waals surface area contributed by atoms with E-state index in [2.05, 4.69) is 9.97 Å². The van der Waals surface area contributed by atoms with Gasteiger partial charge in [0, 0.05) is 27.6 Å². The van der Waals surface area contributed by atoms with Gasteiger partial charge in [0.1, 0.15) is 11.3 Å². The van der Waals surface area contributed by atoms with Crippen LogP contribution in [0, 0.1) is 0 Å². The SMILES string of the molecule is CN(C)C(=O)n1c(=O)n(C)c2cnc(CCc3ccccc3)nc21. The van der Waals surface area contributed by atoms with Crippen molar-refractivity contribution < 1.29 is 4.79 Å². The van der Waals surface area contributed by atoms with Crippen LogP contribution in [0.1, 0.15) is 11.4 Å². The summed E-state index contributed by atoms with van der Waals surface area (Å²) in [6, 6.07) is 9.63. The van der Waals surface area contributed by atoms with E-state index >= 15 is 0 Å². The van der Waals surface area contributed by atoms with Gasteiger partial charge in [0.15, 0.2) is 5.65 Å². The van der Waals surface area contributed by atoms with Crippen molar-refractivity contribution in [1.29, 1.82) is 0 Å². The smallest absolute Gasteiger partial charge is 0.330 e. The molecule has 3 rings (SSSR count). The normalized spacial score (nSPS) is 11.0. The van der Waals surface area contributed by atoms with Gasteiger partial charge in [-0.1, -0.05) is 30.3 Å². The number of carbonyl (C=O) groups excluding carboxylic acids is 1. The van der Waals surface area contributed by atoms with Crippen molar-refractivity contribution in [2.45, 2.75) is 12.8 Å². The maximum Gasteiger partial charge on any atom is 0.338 e. The van der Waals surface area contributed by atoms with Crippen LogP contribution in [-0.2, 0) is 19.9 Å². The second-order valence-corrected chi connectivity index (χ2v) is 5.83. The van der Waals surface area contributed by atoms with E-state index in [0.29, 0.717) is 23.4 Å². The summed E-state index contributed by atoms with van der Waals surface area (Å²) in [5.74, 6) is 0.609. The van der Waals surface area contributed by atoms with Crippen LogP contribution < -0.4 is 5.69 Å². The van der Waals surface area contributed by atoms with Gasteiger partial charge >= 0.3 is 11.7 Å². The average Bonchev–Trinajstić information content (AvgIpc) is 2.84. The molecule has 0 aliphatic carbocycles. The molecule has 2 heterocycles. The number of aromatic nitrogens is 4. The molecule has 0 N–H and O–H groups in total. The summed E-state index contributed by atoms with van der Waals surface area (Å²) in [6.45, 7) is 0. The third-order valence-electron chi connectivity index (χ3n) is 3.91. The van der Waals surface area contributed by atoms with Crippen molar-refractivity contribution in [3.63, 3.8) is 0 Å². The second-order valence-electron chi connectivity index (χ2n) is 5.83. The highest BCUT2D eigenvalue weighted by molar-refractivity contribution is 5.86. The van der Waals surface area contributed by atoms with Gasteiger partial charge in [-0.25, -0.2) is 19.6 Å². The predicted molar refractivity (Wildman–Crippen MR) is 91.1 cm³/mol. The lowest BCUT2D eigenvalue weighted by molar-refractivity contribution is 0.219. The van der Waals surface area contributed by atoms with E-state index in [9.17, 15) is 9.59 Å². The van der Waals surface area contributed by atoms with Crippen molar-refractivity contribution in [2.24, 2.45) is 7.05 Å². The quantitative estimate of drug-likeness (QED) is 0.730. The topological polar surface area (TPSA) is 73.0 Å². The molecule has 1 aromatic carbocycles. The van der Waals surface area contributed by atoms with Crippen molar-refractivity contribution in [3.8, 4) is 0 Å². The molecule has 2 aromatic heterocycles. The molecule has 7 heteroatoms. The zero-order valence-corrected chi connectivity index (χ0v) is 13.9. The van der Waals surface area contributed by atoms with Gasteiger partial charge in [-0.3, -0.25) is 4.57 Å². The standard InChI is InChI=1S/C17H19N5O2/c1-20(2)16(23)22-15-13(21(3)17(22)24)11-18-14(19-15)10-9-12-7-5-4-6-8-12/h4-8,11H,9-10H2,1-3H3. The van der Waals surface area contributed by atoms with Gasteiger partial charge in [0.2, 0.25) is 0 Å². The summed E-state index contributed by atoms with van der Waals surface area (Å²) in [7, 11) is 4.81. The molecule has 0 bridgehead atoms. The second kappa shape index (κ2) is 6.27. The van der Waals surface area contributed by atoms with E-state index in [4.69, 9.17) is 0 Å². The Balaban J connectivity index is 1.99. The van der Waals surface area contributed by atoms with Gasteiger partial charge in [-0.05, 0) is 12.0 Å². The fourth-order valence-electron chi connectivity index (χ4n) is 2.54. The van der Waals surface area contributed by atoms with Gasteiger partial charge in [-0.2, -0.15) is 4.57 Å². The van der Waals surface area contributed by atoms with Crippen molar-refractivity contribution >= 4 is 17.2 Å². The lowest BCUT2D eigenvalue weighted by Crippen LogP contribution is -2.35. The Morgan fingerprint density at radius 1 is 1.17 bits per heavy atom. The number of carbonyl (C=O) groups is 1. The van der Waals surface area contributed by atoms with E-state index < -0.39 is 11.7 Å². The highest BCUT2D eigenvalue weighted by Gasteiger charge is 2.20. The predicted octanol–water partition coefficient (Wildman–Crippen LogP) is 1.44. The molecule has 0 saturated heterocycles. The first-order valence-electron chi connectivity index (χ1n) is 7.68. The molecule has 24 heavy (non-hydrogen) atoms. The summed E-state index contributed by atoms with van der Waals surface area (Å²) >= 11 is 0. The van der Waals surface area contributed by atoms with E-state index in [1.54, 1.807) is 27.3 Å². The number of imidazole rings is 1. The van der Waals surface area contributed by atoms with Crippen LogP contribution in [0.2, 0.25) is 0 Å². The Kier molecular flexibility index (Phi) is 4.16. The van der Waals surface area contributed by atoms with Gasteiger partial charge in [-0.15, -0.1) is 0 Å². The lowest BCUT2D eigenvalue weighted by atomic mass is 10.1. The molecule has 124 valence electrons. The van der Waals surface area contributed by atoms with E-state index in [0.717, 1.165) is 11.0 Å². The summed E-state index contributed by atoms with van der Waals surface area (Å²) < 4.78 is 2.47. The first-order valence-corrected chi connectivity index (χ1v) is 7.68. The number of hydrogen-bond donors (Lipinski definition) is 0. The Bertz CT molecular complexity index is 941. The fraction of sp³-hybridized carbons (Fsp3) is 0.294. The number of benzene rings is 1. The molecule has 7 nitrogen and oxygen atoms in total. The minimum Gasteiger partial charge on any atom is -0.330 e. The van der Waals surface area contributed by atoms with Crippen molar-refractivity contribution in [1.82, 2.24) is 24.0 Å². The lowest BCUT2D eigenvalue weighted by Gasteiger charge is -2.10. The van der Waals surface area contributed by atoms with E-state index in [-0.39, 0.29) is 0 Å². The molecule has 0 spiro atoms. The van der Waals surface area contributed by atoms with E-state index in [1.807, 2.05) is 30.3 Å². The number of rotatable bonds is 3. The van der Waals surface area contributed by atoms with Gasteiger partial charge in [0.25, 0.3) is 0 Å².